The number of hydrogen-bond acceptors (Lipinski definition) is 2. The van der Waals surface area contributed by atoms with Gasteiger partial charge in [0.05, 0.1) is 8.80 Å². The molecule has 1 aromatic rings. The molecule has 1 saturated heterocycles. The summed E-state index contributed by atoms with van der Waals surface area (Å²) >= 11 is 1.93. The Hall–Kier alpha value is -0.123. The summed E-state index contributed by atoms with van der Waals surface area (Å²) in [4.78, 5) is 1.62. The molecule has 0 radical (unpaired) electrons. The molecule has 1 aliphatic heterocycles. The molecule has 3 heteroatoms. The number of thiophene rings is 1. The second kappa shape index (κ2) is 4.40. The molecule has 1 aromatic heterocycles. The SMILES string of the molecule is COC[SiH]1CCCC1c1cccs1. The zero-order chi connectivity index (χ0) is 9.10. The van der Waals surface area contributed by atoms with E-state index in [2.05, 4.69) is 17.5 Å². The molecule has 0 aromatic carbocycles. The highest BCUT2D eigenvalue weighted by Crippen LogP contribution is 2.36. The zero-order valence-electron chi connectivity index (χ0n) is 8.03. The molecule has 13 heavy (non-hydrogen) atoms. The van der Waals surface area contributed by atoms with E-state index in [9.17, 15) is 0 Å². The van der Waals surface area contributed by atoms with E-state index in [1.54, 1.807) is 4.88 Å². The minimum absolute atomic E-state index is 0.600. The van der Waals surface area contributed by atoms with Crippen molar-refractivity contribution in [1.29, 1.82) is 0 Å². The van der Waals surface area contributed by atoms with Gasteiger partial charge in [0, 0.05) is 18.2 Å². The Morgan fingerprint density at radius 1 is 1.69 bits per heavy atom. The van der Waals surface area contributed by atoms with E-state index in [-0.39, 0.29) is 0 Å². The largest absolute Gasteiger partial charge is 0.388 e. The summed E-state index contributed by atoms with van der Waals surface area (Å²) in [6.45, 7) is 0. The molecular formula is C10H16OSSi. The molecule has 0 saturated carbocycles. The molecule has 0 aliphatic carbocycles. The number of methoxy groups -OCH3 is 1. The lowest BCUT2D eigenvalue weighted by Crippen LogP contribution is -2.23. The third-order valence-electron chi connectivity index (χ3n) is 2.95. The first-order valence-electron chi connectivity index (χ1n) is 4.94. The van der Waals surface area contributed by atoms with Crippen LogP contribution >= 0.6 is 11.3 Å². The van der Waals surface area contributed by atoms with Crippen molar-refractivity contribution < 1.29 is 4.74 Å². The lowest BCUT2D eigenvalue weighted by Gasteiger charge is -2.15. The summed E-state index contributed by atoms with van der Waals surface area (Å²) in [5.41, 5.74) is 0.917. The van der Waals surface area contributed by atoms with Crippen molar-refractivity contribution in [3.8, 4) is 0 Å². The van der Waals surface area contributed by atoms with Crippen LogP contribution in [0.15, 0.2) is 17.5 Å². The van der Waals surface area contributed by atoms with Crippen molar-refractivity contribution in [3.63, 3.8) is 0 Å². The van der Waals surface area contributed by atoms with Crippen LogP contribution in [0.4, 0.5) is 0 Å². The average Bonchev–Trinajstić information content (AvgIpc) is 2.71. The Morgan fingerprint density at radius 3 is 3.31 bits per heavy atom. The fraction of sp³-hybridized carbons (Fsp3) is 0.600. The minimum Gasteiger partial charge on any atom is -0.388 e. The van der Waals surface area contributed by atoms with Crippen LogP contribution in [0, 0.1) is 0 Å². The normalized spacial score (nSPS) is 28.1. The highest BCUT2D eigenvalue weighted by molar-refractivity contribution is 7.10. The van der Waals surface area contributed by atoms with E-state index < -0.39 is 8.80 Å². The average molecular weight is 212 g/mol. The Morgan fingerprint density at radius 2 is 2.62 bits per heavy atom. The molecule has 0 amide bonds. The van der Waals surface area contributed by atoms with Crippen molar-refractivity contribution in [2.45, 2.75) is 24.4 Å². The van der Waals surface area contributed by atoms with Crippen LogP contribution in [-0.2, 0) is 4.74 Å². The first kappa shape index (κ1) is 9.43. The predicted octanol–water partition coefficient (Wildman–Crippen LogP) is 2.58. The van der Waals surface area contributed by atoms with Crippen LogP contribution in [0.25, 0.3) is 0 Å². The lowest BCUT2D eigenvalue weighted by molar-refractivity contribution is 0.248. The van der Waals surface area contributed by atoms with Gasteiger partial charge in [-0.05, 0) is 23.4 Å². The van der Waals surface area contributed by atoms with Crippen LogP contribution in [-0.4, -0.2) is 22.1 Å². The van der Waals surface area contributed by atoms with Gasteiger partial charge in [-0.2, -0.15) is 0 Å². The quantitative estimate of drug-likeness (QED) is 0.700. The smallest absolute Gasteiger partial charge is 0.0762 e. The fourth-order valence-corrected chi connectivity index (χ4v) is 7.18. The molecule has 2 heterocycles. The second-order valence-electron chi connectivity index (χ2n) is 3.77. The maximum Gasteiger partial charge on any atom is 0.0762 e. The van der Waals surface area contributed by atoms with Crippen LogP contribution in [0.2, 0.25) is 6.04 Å². The molecule has 1 fully saturated rings. The van der Waals surface area contributed by atoms with E-state index in [4.69, 9.17) is 4.74 Å². The Bertz CT molecular complexity index is 247. The van der Waals surface area contributed by atoms with Gasteiger partial charge in [-0.3, -0.25) is 0 Å². The monoisotopic (exact) mass is 212 g/mol. The van der Waals surface area contributed by atoms with Gasteiger partial charge in [-0.1, -0.05) is 18.5 Å². The lowest BCUT2D eigenvalue weighted by atomic mass is 10.2. The Labute approximate surface area is 85.3 Å². The van der Waals surface area contributed by atoms with Gasteiger partial charge >= 0.3 is 0 Å². The van der Waals surface area contributed by atoms with E-state index in [0.29, 0.717) is 0 Å². The standard InChI is InChI=1S/C10H16OSSi/c1-11-8-13-7-3-5-10(13)9-4-2-6-12-9/h2,4,6,10,13H,3,5,7-8H2,1H3. The maximum atomic E-state index is 5.32. The fourth-order valence-electron chi connectivity index (χ4n) is 2.33. The van der Waals surface area contributed by atoms with Gasteiger partial charge < -0.3 is 4.74 Å². The van der Waals surface area contributed by atoms with Gasteiger partial charge in [0.2, 0.25) is 0 Å². The summed E-state index contributed by atoms with van der Waals surface area (Å²) < 4.78 is 5.32. The first-order chi connectivity index (χ1) is 6.42. The van der Waals surface area contributed by atoms with Gasteiger partial charge in [0.25, 0.3) is 0 Å². The molecule has 2 unspecified atom stereocenters. The zero-order valence-corrected chi connectivity index (χ0v) is 10.0. The Balaban J connectivity index is 2.05. The van der Waals surface area contributed by atoms with Crippen LogP contribution in [0.1, 0.15) is 23.3 Å². The summed E-state index contributed by atoms with van der Waals surface area (Å²) in [5.74, 6) is 0. The van der Waals surface area contributed by atoms with E-state index in [0.717, 1.165) is 11.8 Å². The molecule has 72 valence electrons. The summed E-state index contributed by atoms with van der Waals surface area (Å²) in [6, 6.07) is 5.96. The third kappa shape index (κ3) is 2.03. The third-order valence-corrected chi connectivity index (χ3v) is 7.94. The van der Waals surface area contributed by atoms with Gasteiger partial charge in [0.15, 0.2) is 0 Å². The Kier molecular flexibility index (Phi) is 3.19. The molecule has 1 aliphatic rings. The van der Waals surface area contributed by atoms with Crippen molar-refractivity contribution in [2.24, 2.45) is 0 Å². The van der Waals surface area contributed by atoms with Crippen molar-refractivity contribution in [1.82, 2.24) is 0 Å². The van der Waals surface area contributed by atoms with Crippen molar-refractivity contribution >= 4 is 20.1 Å². The molecule has 2 rings (SSSR count). The summed E-state index contributed by atoms with van der Waals surface area (Å²) in [5, 5.41) is 2.20. The predicted molar refractivity (Wildman–Crippen MR) is 60.1 cm³/mol. The van der Waals surface area contributed by atoms with Crippen LogP contribution in [0.5, 0.6) is 0 Å². The van der Waals surface area contributed by atoms with Gasteiger partial charge in [-0.15, -0.1) is 11.3 Å². The van der Waals surface area contributed by atoms with E-state index in [1.807, 2.05) is 18.4 Å². The molecule has 1 nitrogen and oxygen atoms in total. The number of hydrogen-bond donors (Lipinski definition) is 0. The summed E-state index contributed by atoms with van der Waals surface area (Å²) in [7, 11) is 1.24. The molecule has 0 N–H and O–H groups in total. The van der Waals surface area contributed by atoms with Crippen molar-refractivity contribution in [2.75, 3.05) is 13.3 Å². The minimum atomic E-state index is -0.600. The molecule has 0 bridgehead atoms. The molecule has 2 atom stereocenters. The van der Waals surface area contributed by atoms with Gasteiger partial charge in [-0.25, -0.2) is 0 Å². The molecule has 0 spiro atoms. The van der Waals surface area contributed by atoms with Crippen molar-refractivity contribution in [3.05, 3.63) is 22.4 Å². The molecular weight excluding hydrogens is 196 g/mol. The number of rotatable bonds is 3. The van der Waals surface area contributed by atoms with Crippen LogP contribution in [0.3, 0.4) is 0 Å². The summed E-state index contributed by atoms with van der Waals surface area (Å²) in [6.07, 6.45) is 3.92. The van der Waals surface area contributed by atoms with Crippen LogP contribution < -0.4 is 0 Å². The topological polar surface area (TPSA) is 9.23 Å². The first-order valence-corrected chi connectivity index (χ1v) is 8.12. The maximum absolute atomic E-state index is 5.32. The van der Waals surface area contributed by atoms with Gasteiger partial charge in [0.1, 0.15) is 0 Å². The highest BCUT2D eigenvalue weighted by Gasteiger charge is 2.30. The number of ether oxygens (including phenoxy) is 1. The van der Waals surface area contributed by atoms with E-state index in [1.165, 1.54) is 18.9 Å². The van der Waals surface area contributed by atoms with E-state index >= 15 is 0 Å². The second-order valence-corrected chi connectivity index (χ2v) is 7.98. The highest BCUT2D eigenvalue weighted by atomic mass is 32.1.